The topological polar surface area (TPSA) is 98.6 Å². The Bertz CT molecular complexity index is 1390. The van der Waals surface area contributed by atoms with Gasteiger partial charge in [0.2, 0.25) is 11.8 Å². The molecule has 1 heterocycles. The number of para-hydroxylation sites is 1. The number of amides is 2. The molecular formula is C28H31N5O4. The van der Waals surface area contributed by atoms with Crippen molar-refractivity contribution in [3.05, 3.63) is 78.4 Å². The lowest BCUT2D eigenvalue weighted by atomic mass is 10.0. The predicted molar refractivity (Wildman–Crippen MR) is 142 cm³/mol. The highest BCUT2D eigenvalue weighted by atomic mass is 16.5. The lowest BCUT2D eigenvalue weighted by Gasteiger charge is -2.34. The van der Waals surface area contributed by atoms with E-state index < -0.39 is 11.6 Å². The number of anilines is 1. The molecule has 0 spiro atoms. The minimum absolute atomic E-state index is 0.115. The fourth-order valence-corrected chi connectivity index (χ4v) is 4.09. The molecule has 0 unspecified atom stereocenters. The molecular weight excluding hydrogens is 470 g/mol. The van der Waals surface area contributed by atoms with Crippen molar-refractivity contribution in [2.75, 3.05) is 19.1 Å². The highest BCUT2D eigenvalue weighted by molar-refractivity contribution is 6.01. The van der Waals surface area contributed by atoms with Gasteiger partial charge in [-0.1, -0.05) is 29.5 Å². The molecule has 9 nitrogen and oxygen atoms in total. The summed E-state index contributed by atoms with van der Waals surface area (Å²) in [7, 11) is 3.13. The van der Waals surface area contributed by atoms with Gasteiger partial charge in [0, 0.05) is 11.2 Å². The first-order valence-corrected chi connectivity index (χ1v) is 11.9. The van der Waals surface area contributed by atoms with E-state index in [1.54, 1.807) is 61.4 Å². The maximum absolute atomic E-state index is 14.0. The molecule has 1 aromatic heterocycles. The van der Waals surface area contributed by atoms with Gasteiger partial charge in [0.25, 0.3) is 0 Å². The summed E-state index contributed by atoms with van der Waals surface area (Å²) in [6.45, 7) is 5.58. The van der Waals surface area contributed by atoms with Crippen LogP contribution in [0.2, 0.25) is 0 Å². The van der Waals surface area contributed by atoms with Crippen LogP contribution in [0.1, 0.15) is 32.4 Å². The van der Waals surface area contributed by atoms with Crippen molar-refractivity contribution in [1.29, 1.82) is 0 Å². The lowest BCUT2D eigenvalue weighted by molar-refractivity contribution is -0.128. The molecule has 0 aliphatic heterocycles. The molecule has 3 aromatic carbocycles. The summed E-state index contributed by atoms with van der Waals surface area (Å²) in [5, 5.41) is 11.4. The molecule has 1 N–H and O–H groups in total. The summed E-state index contributed by atoms with van der Waals surface area (Å²) in [5.41, 5.74) is 2.02. The van der Waals surface area contributed by atoms with Crippen LogP contribution < -0.4 is 19.7 Å². The number of hydrogen-bond acceptors (Lipinski definition) is 6. The van der Waals surface area contributed by atoms with Gasteiger partial charge in [0.1, 0.15) is 29.6 Å². The smallest absolute Gasteiger partial charge is 0.249 e. The van der Waals surface area contributed by atoms with Gasteiger partial charge in [0.15, 0.2) is 0 Å². The highest BCUT2D eigenvalue weighted by Gasteiger charge is 2.35. The van der Waals surface area contributed by atoms with Gasteiger partial charge in [-0.05, 0) is 74.9 Å². The van der Waals surface area contributed by atoms with Crippen LogP contribution in [0.25, 0.3) is 11.0 Å². The number of benzene rings is 3. The second-order valence-corrected chi connectivity index (χ2v) is 9.62. The Hall–Kier alpha value is -4.40. The van der Waals surface area contributed by atoms with E-state index in [1.165, 1.54) is 4.90 Å². The molecule has 0 aliphatic carbocycles. The molecule has 4 aromatic rings. The lowest BCUT2D eigenvalue weighted by Crippen LogP contribution is -2.50. The van der Waals surface area contributed by atoms with E-state index >= 15 is 0 Å². The third kappa shape index (κ3) is 5.88. The maximum atomic E-state index is 14.0. The fourth-order valence-electron chi connectivity index (χ4n) is 4.09. The number of rotatable bonds is 8. The first-order chi connectivity index (χ1) is 17.7. The summed E-state index contributed by atoms with van der Waals surface area (Å²) in [6.07, 6.45) is 0. The van der Waals surface area contributed by atoms with E-state index in [2.05, 4.69) is 15.6 Å². The zero-order chi connectivity index (χ0) is 26.6. The summed E-state index contributed by atoms with van der Waals surface area (Å²) in [6, 6.07) is 20.6. The Morgan fingerprint density at radius 3 is 2.32 bits per heavy atom. The van der Waals surface area contributed by atoms with E-state index in [4.69, 9.17) is 9.47 Å². The second kappa shape index (κ2) is 10.7. The molecule has 192 valence electrons. The zero-order valence-corrected chi connectivity index (χ0v) is 21.6. The van der Waals surface area contributed by atoms with Gasteiger partial charge < -0.3 is 14.8 Å². The second-order valence-electron chi connectivity index (χ2n) is 9.62. The normalized spacial score (nSPS) is 12.1. The van der Waals surface area contributed by atoms with Crippen LogP contribution in [0.15, 0.2) is 72.8 Å². The van der Waals surface area contributed by atoms with Crippen LogP contribution in [0.4, 0.5) is 5.69 Å². The molecule has 0 fully saturated rings. The first kappa shape index (κ1) is 25.7. The average molecular weight is 502 g/mol. The van der Waals surface area contributed by atoms with Crippen LogP contribution in [0, 0.1) is 0 Å². The van der Waals surface area contributed by atoms with Crippen molar-refractivity contribution >= 4 is 28.5 Å². The monoisotopic (exact) mass is 501 g/mol. The molecule has 9 heteroatoms. The zero-order valence-electron chi connectivity index (χ0n) is 21.6. The number of methoxy groups -OCH3 is 2. The Labute approximate surface area is 216 Å². The fraction of sp³-hybridized carbons (Fsp3) is 0.286. The number of aromatic nitrogens is 3. The number of nitrogens with one attached hydrogen (secondary N) is 1. The minimum Gasteiger partial charge on any atom is -0.497 e. The Balaban J connectivity index is 1.83. The highest BCUT2D eigenvalue weighted by Crippen LogP contribution is 2.32. The number of carbonyl (C=O) groups is 2. The van der Waals surface area contributed by atoms with E-state index in [0.29, 0.717) is 28.3 Å². The van der Waals surface area contributed by atoms with Gasteiger partial charge >= 0.3 is 0 Å². The summed E-state index contributed by atoms with van der Waals surface area (Å²) in [4.78, 5) is 29.3. The molecule has 4 rings (SSSR count). The van der Waals surface area contributed by atoms with E-state index in [0.717, 1.165) is 5.52 Å². The molecule has 0 saturated heterocycles. The summed E-state index contributed by atoms with van der Waals surface area (Å²) < 4.78 is 12.3. The Morgan fingerprint density at radius 1 is 0.946 bits per heavy atom. The molecule has 0 saturated carbocycles. The van der Waals surface area contributed by atoms with Gasteiger partial charge in [-0.2, -0.15) is 0 Å². The third-order valence-corrected chi connectivity index (χ3v) is 5.74. The van der Waals surface area contributed by atoms with Crippen LogP contribution >= 0.6 is 0 Å². The SMILES string of the molecule is COc1ccc(N(C(=O)Cn2nnc3ccccc32)[C@@H](C(=O)NC(C)(C)C)c2cccc(OC)c2)cc1. The van der Waals surface area contributed by atoms with Gasteiger partial charge in [-0.25, -0.2) is 4.68 Å². The summed E-state index contributed by atoms with van der Waals surface area (Å²) in [5.74, 6) is 0.553. The summed E-state index contributed by atoms with van der Waals surface area (Å²) >= 11 is 0. The van der Waals surface area contributed by atoms with Gasteiger partial charge in [0.05, 0.1) is 19.7 Å². The molecule has 37 heavy (non-hydrogen) atoms. The van der Waals surface area contributed by atoms with Crippen molar-refractivity contribution < 1.29 is 19.1 Å². The first-order valence-electron chi connectivity index (χ1n) is 11.9. The molecule has 0 aliphatic rings. The third-order valence-electron chi connectivity index (χ3n) is 5.74. The Kier molecular flexibility index (Phi) is 7.42. The van der Waals surface area contributed by atoms with Crippen molar-refractivity contribution in [1.82, 2.24) is 20.3 Å². The number of carbonyl (C=O) groups excluding carboxylic acids is 2. The van der Waals surface area contributed by atoms with E-state index in [1.807, 2.05) is 51.1 Å². The van der Waals surface area contributed by atoms with E-state index in [9.17, 15) is 9.59 Å². The molecule has 0 radical (unpaired) electrons. The van der Waals surface area contributed by atoms with Crippen molar-refractivity contribution in [2.24, 2.45) is 0 Å². The molecule has 2 amide bonds. The number of hydrogen-bond donors (Lipinski definition) is 1. The predicted octanol–water partition coefficient (Wildman–Crippen LogP) is 4.14. The van der Waals surface area contributed by atoms with Crippen LogP contribution in [0.5, 0.6) is 11.5 Å². The Morgan fingerprint density at radius 2 is 1.65 bits per heavy atom. The minimum atomic E-state index is -0.981. The maximum Gasteiger partial charge on any atom is 0.249 e. The number of nitrogens with zero attached hydrogens (tertiary/aromatic N) is 4. The van der Waals surface area contributed by atoms with Gasteiger partial charge in [-0.15, -0.1) is 5.10 Å². The quantitative estimate of drug-likeness (QED) is 0.390. The van der Waals surface area contributed by atoms with Gasteiger partial charge in [-0.3, -0.25) is 14.5 Å². The molecule has 0 bridgehead atoms. The number of ether oxygens (including phenoxy) is 2. The number of fused-ring (bicyclic) bond motifs is 1. The van der Waals surface area contributed by atoms with E-state index in [-0.39, 0.29) is 18.4 Å². The average Bonchev–Trinajstić information content (AvgIpc) is 3.28. The standard InChI is InChI=1S/C28H31N5O4/c1-28(2,3)29-27(35)26(19-9-8-10-22(17-19)37-5)33(20-13-15-21(36-4)16-14-20)25(34)18-32-24-12-7-6-11-23(24)30-31-32/h6-17,26H,18H2,1-5H3,(H,29,35)/t26-/m1/s1. The van der Waals surface area contributed by atoms with Crippen molar-refractivity contribution in [3.63, 3.8) is 0 Å². The molecule has 1 atom stereocenters. The van der Waals surface area contributed by atoms with Crippen LogP contribution in [0.3, 0.4) is 0 Å². The largest absolute Gasteiger partial charge is 0.497 e. The van der Waals surface area contributed by atoms with Crippen molar-refractivity contribution in [2.45, 2.75) is 38.9 Å². The van der Waals surface area contributed by atoms with Crippen LogP contribution in [-0.2, 0) is 16.1 Å². The van der Waals surface area contributed by atoms with Crippen LogP contribution in [-0.4, -0.2) is 46.6 Å². The van der Waals surface area contributed by atoms with Crippen molar-refractivity contribution in [3.8, 4) is 11.5 Å².